The molecule has 222 valence electrons. The molecule has 0 aromatic heterocycles. The minimum atomic E-state index is -0.363. The van der Waals surface area contributed by atoms with Crippen molar-refractivity contribution in [3.63, 3.8) is 0 Å². The first kappa shape index (κ1) is 30.8. The maximum Gasteiger partial charge on any atom is 0.315 e. The van der Waals surface area contributed by atoms with E-state index in [9.17, 15) is 9.59 Å². The first-order chi connectivity index (χ1) is 20.8. The Labute approximate surface area is 263 Å². The molecule has 0 amide bonds. The molecule has 4 aromatic carbocycles. The molecule has 43 heavy (non-hydrogen) atoms. The molecule has 4 aromatic rings. The summed E-state index contributed by atoms with van der Waals surface area (Å²) in [6, 6.07) is 27.9. The monoisotopic (exact) mass is 614 g/mol. The fourth-order valence-electron chi connectivity index (χ4n) is 6.17. The van der Waals surface area contributed by atoms with Crippen LogP contribution in [0, 0.1) is 0 Å². The van der Waals surface area contributed by atoms with Gasteiger partial charge in [-0.05, 0) is 96.0 Å². The van der Waals surface area contributed by atoms with Crippen LogP contribution in [0.5, 0.6) is 11.5 Å². The third-order valence-electron chi connectivity index (χ3n) is 8.41. The highest BCUT2D eigenvalue weighted by molar-refractivity contribution is 6.32. The van der Waals surface area contributed by atoms with Crippen LogP contribution in [0.15, 0.2) is 84.9 Å². The lowest BCUT2D eigenvalue weighted by Crippen LogP contribution is -2.30. The van der Waals surface area contributed by atoms with Gasteiger partial charge in [0.1, 0.15) is 17.3 Å². The van der Waals surface area contributed by atoms with Crippen molar-refractivity contribution in [2.45, 2.75) is 63.7 Å². The Morgan fingerprint density at radius 1 is 0.698 bits per heavy atom. The van der Waals surface area contributed by atoms with Gasteiger partial charge in [0.2, 0.25) is 0 Å². The number of rotatable bonds is 10. The van der Waals surface area contributed by atoms with Crippen LogP contribution >= 0.6 is 23.2 Å². The van der Waals surface area contributed by atoms with E-state index in [1.165, 1.54) is 30.4 Å². The lowest BCUT2D eigenvalue weighted by Gasteiger charge is -2.38. The van der Waals surface area contributed by atoms with Crippen LogP contribution in [0.2, 0.25) is 10.0 Å². The fourth-order valence-corrected chi connectivity index (χ4v) is 6.71. The summed E-state index contributed by atoms with van der Waals surface area (Å²) >= 11 is 13.0. The van der Waals surface area contributed by atoms with Gasteiger partial charge in [0.15, 0.2) is 0 Å². The van der Waals surface area contributed by atoms with Gasteiger partial charge in [0, 0.05) is 21.9 Å². The second-order valence-electron chi connectivity index (χ2n) is 11.5. The summed E-state index contributed by atoms with van der Waals surface area (Å²) in [4.78, 5) is 24.3. The number of halogens is 2. The summed E-state index contributed by atoms with van der Waals surface area (Å²) in [7, 11) is 1.69. The molecule has 0 aliphatic heterocycles. The predicted octanol–water partition coefficient (Wildman–Crippen LogP) is 9.12. The van der Waals surface area contributed by atoms with Crippen molar-refractivity contribution in [1.29, 1.82) is 0 Å². The number of hydrogen-bond acceptors (Lipinski definition) is 4. The van der Waals surface area contributed by atoms with Gasteiger partial charge in [-0.3, -0.25) is 9.59 Å². The highest BCUT2D eigenvalue weighted by atomic mass is 35.5. The zero-order valence-corrected chi connectivity index (χ0v) is 26.1. The number of ketones is 1. The van der Waals surface area contributed by atoms with E-state index in [4.69, 9.17) is 32.7 Å². The SMILES string of the molecule is COc1ccc(C2(c3ccc(OC(=O)Cc4ccc(Cc5ccc(CC(C)=O)c(Cl)c5)cc4Cl)cc3)CCCCC2)cc1. The van der Waals surface area contributed by atoms with E-state index in [0.29, 0.717) is 34.2 Å². The van der Waals surface area contributed by atoms with Crippen LogP contribution in [-0.4, -0.2) is 18.9 Å². The smallest absolute Gasteiger partial charge is 0.315 e. The first-order valence-electron chi connectivity index (χ1n) is 14.8. The zero-order valence-electron chi connectivity index (χ0n) is 24.6. The molecule has 0 bridgehead atoms. The standard InChI is InChI=1S/C37H36Cl2O4/c1-25(40)20-28-8-6-26(22-34(28)38)21-27-7-9-29(35(39)23-27)24-36(41)43-33-16-12-31(13-17-33)37(18-4-3-5-19-37)30-10-14-32(42-2)15-11-30/h6-17,22-23H,3-5,18-21,24H2,1-2H3. The van der Waals surface area contributed by atoms with Crippen LogP contribution in [-0.2, 0) is 34.3 Å². The number of carbonyl (C=O) groups is 2. The average molecular weight is 616 g/mol. The van der Waals surface area contributed by atoms with E-state index in [1.807, 2.05) is 60.7 Å². The number of methoxy groups -OCH3 is 1. The summed E-state index contributed by atoms with van der Waals surface area (Å²) in [5, 5.41) is 1.10. The number of hydrogen-bond donors (Lipinski definition) is 0. The summed E-state index contributed by atoms with van der Waals surface area (Å²) in [6.07, 6.45) is 6.82. The molecule has 1 saturated carbocycles. The van der Waals surface area contributed by atoms with Gasteiger partial charge in [-0.2, -0.15) is 0 Å². The zero-order chi connectivity index (χ0) is 30.4. The van der Waals surface area contributed by atoms with Crippen molar-refractivity contribution in [2.75, 3.05) is 7.11 Å². The average Bonchev–Trinajstić information content (AvgIpc) is 3.00. The Morgan fingerprint density at radius 2 is 1.21 bits per heavy atom. The lowest BCUT2D eigenvalue weighted by atomic mass is 9.65. The van der Waals surface area contributed by atoms with Crippen molar-refractivity contribution >= 4 is 35.0 Å². The van der Waals surface area contributed by atoms with Gasteiger partial charge in [0.25, 0.3) is 0 Å². The second-order valence-corrected chi connectivity index (χ2v) is 12.3. The van der Waals surface area contributed by atoms with Gasteiger partial charge in [0.05, 0.1) is 13.5 Å². The number of carbonyl (C=O) groups excluding carboxylic acids is 2. The highest BCUT2D eigenvalue weighted by Crippen LogP contribution is 2.45. The van der Waals surface area contributed by atoms with E-state index in [1.54, 1.807) is 14.0 Å². The number of esters is 1. The molecule has 0 saturated heterocycles. The third kappa shape index (κ3) is 7.49. The van der Waals surface area contributed by atoms with E-state index in [0.717, 1.165) is 35.3 Å². The van der Waals surface area contributed by atoms with Crippen molar-refractivity contribution in [2.24, 2.45) is 0 Å². The largest absolute Gasteiger partial charge is 0.497 e. The summed E-state index contributed by atoms with van der Waals surface area (Å²) in [5.41, 5.74) is 6.04. The lowest BCUT2D eigenvalue weighted by molar-refractivity contribution is -0.133. The van der Waals surface area contributed by atoms with Crippen molar-refractivity contribution in [3.05, 3.63) is 128 Å². The van der Waals surface area contributed by atoms with E-state index >= 15 is 0 Å². The summed E-state index contributed by atoms with van der Waals surface area (Å²) in [6.45, 7) is 1.55. The molecule has 1 aliphatic carbocycles. The number of ether oxygens (including phenoxy) is 2. The van der Waals surface area contributed by atoms with Crippen molar-refractivity contribution in [1.82, 2.24) is 0 Å². The molecule has 0 spiro atoms. The Morgan fingerprint density at radius 3 is 1.70 bits per heavy atom. The molecular formula is C37H36Cl2O4. The Kier molecular flexibility index (Phi) is 9.90. The van der Waals surface area contributed by atoms with Gasteiger partial charge in [-0.25, -0.2) is 0 Å². The number of Topliss-reactive ketones (excluding diaryl/α,β-unsaturated/α-hetero) is 1. The molecule has 0 N–H and O–H groups in total. The predicted molar refractivity (Wildman–Crippen MR) is 173 cm³/mol. The minimum absolute atomic E-state index is 0.0513. The highest BCUT2D eigenvalue weighted by Gasteiger charge is 2.35. The van der Waals surface area contributed by atoms with E-state index in [2.05, 4.69) is 24.3 Å². The van der Waals surface area contributed by atoms with Crippen LogP contribution in [0.25, 0.3) is 0 Å². The molecule has 1 aliphatic rings. The Hall–Kier alpha value is -3.60. The van der Waals surface area contributed by atoms with E-state index in [-0.39, 0.29) is 23.6 Å². The van der Waals surface area contributed by atoms with Gasteiger partial charge in [-0.15, -0.1) is 0 Å². The Balaban J connectivity index is 1.23. The molecule has 1 fully saturated rings. The Bertz CT molecular complexity index is 1590. The van der Waals surface area contributed by atoms with Crippen molar-refractivity contribution in [3.8, 4) is 11.5 Å². The molecule has 0 radical (unpaired) electrons. The van der Waals surface area contributed by atoms with Gasteiger partial charge >= 0.3 is 5.97 Å². The van der Waals surface area contributed by atoms with Crippen LogP contribution in [0.3, 0.4) is 0 Å². The maximum atomic E-state index is 12.9. The molecule has 5 rings (SSSR count). The minimum Gasteiger partial charge on any atom is -0.497 e. The number of benzene rings is 4. The topological polar surface area (TPSA) is 52.6 Å². The molecule has 0 atom stereocenters. The van der Waals surface area contributed by atoms with Crippen LogP contribution in [0.4, 0.5) is 0 Å². The summed E-state index contributed by atoms with van der Waals surface area (Å²) in [5.74, 6) is 1.09. The molecule has 0 unspecified atom stereocenters. The van der Waals surface area contributed by atoms with Crippen LogP contribution < -0.4 is 9.47 Å². The quantitative estimate of drug-likeness (QED) is 0.132. The molecule has 6 heteroatoms. The molecule has 4 nitrogen and oxygen atoms in total. The first-order valence-corrected chi connectivity index (χ1v) is 15.5. The van der Waals surface area contributed by atoms with Crippen LogP contribution in [0.1, 0.15) is 72.4 Å². The fraction of sp³-hybridized carbons (Fsp3) is 0.297. The normalized spacial score (nSPS) is 14.2. The van der Waals surface area contributed by atoms with Crippen molar-refractivity contribution < 1.29 is 19.1 Å². The van der Waals surface area contributed by atoms with E-state index < -0.39 is 0 Å². The summed E-state index contributed by atoms with van der Waals surface area (Å²) < 4.78 is 11.1. The molecule has 0 heterocycles. The molecular weight excluding hydrogens is 579 g/mol. The van der Waals surface area contributed by atoms with Gasteiger partial charge in [-0.1, -0.05) is 91.0 Å². The van der Waals surface area contributed by atoms with Gasteiger partial charge < -0.3 is 9.47 Å². The maximum absolute atomic E-state index is 12.9. The third-order valence-corrected chi connectivity index (χ3v) is 9.11. The second kappa shape index (κ2) is 13.8.